The Hall–Kier alpha value is -4.78. The molecular weight excluding hydrogens is 440 g/mol. The van der Waals surface area contributed by atoms with E-state index in [4.69, 9.17) is 19.1 Å². The molecule has 0 radical (unpaired) electrons. The van der Waals surface area contributed by atoms with Crippen LogP contribution in [0.15, 0.2) is 94.4 Å². The smallest absolute Gasteiger partial charge is 0.251 e. The van der Waals surface area contributed by atoms with Crippen LogP contribution in [0.3, 0.4) is 0 Å². The lowest BCUT2D eigenvalue weighted by atomic mass is 10.0. The van der Waals surface area contributed by atoms with Crippen molar-refractivity contribution in [2.24, 2.45) is 0 Å². The normalized spacial score (nSPS) is 11.2. The highest BCUT2D eigenvalue weighted by molar-refractivity contribution is 5.89. The fraction of sp³-hybridized carbons (Fsp3) is 0.0714. The second-order valence-electron chi connectivity index (χ2n) is 8.20. The van der Waals surface area contributed by atoms with E-state index in [0.29, 0.717) is 22.8 Å². The van der Waals surface area contributed by atoms with Gasteiger partial charge in [0.25, 0.3) is 5.43 Å². The molecule has 0 fully saturated rings. The number of aromatic nitrogens is 4. The molecule has 0 atom stereocenters. The molecule has 170 valence electrons. The number of pyridine rings is 2. The van der Waals surface area contributed by atoms with Gasteiger partial charge in [-0.15, -0.1) is 0 Å². The number of H-pyrrole nitrogens is 1. The molecule has 0 spiro atoms. The van der Waals surface area contributed by atoms with Gasteiger partial charge in [-0.05, 0) is 42.8 Å². The molecule has 0 aliphatic carbocycles. The van der Waals surface area contributed by atoms with Gasteiger partial charge in [0.1, 0.15) is 23.8 Å². The number of ether oxygens (including phenoxy) is 1. The van der Waals surface area contributed by atoms with Crippen LogP contribution in [0.5, 0.6) is 5.75 Å². The summed E-state index contributed by atoms with van der Waals surface area (Å²) in [4.78, 5) is 30.3. The molecule has 7 nitrogen and oxygen atoms in total. The number of nitrogens with zero attached hydrogens (tertiary/aromatic N) is 3. The Labute approximate surface area is 200 Å². The summed E-state index contributed by atoms with van der Waals surface area (Å²) in [6.45, 7) is 2.15. The van der Waals surface area contributed by atoms with Crippen LogP contribution >= 0.6 is 0 Å². The highest BCUT2D eigenvalue weighted by atomic mass is 16.5. The summed E-state index contributed by atoms with van der Waals surface area (Å²) in [5.41, 5.74) is 3.96. The third-order valence-corrected chi connectivity index (χ3v) is 5.76. The molecule has 2 aromatic carbocycles. The Morgan fingerprint density at radius 1 is 0.943 bits per heavy atom. The van der Waals surface area contributed by atoms with E-state index < -0.39 is 0 Å². The molecule has 0 aliphatic rings. The van der Waals surface area contributed by atoms with E-state index >= 15 is 0 Å². The van der Waals surface area contributed by atoms with Gasteiger partial charge in [0, 0.05) is 23.3 Å². The van der Waals surface area contributed by atoms with Gasteiger partial charge in [-0.1, -0.05) is 42.5 Å². The van der Waals surface area contributed by atoms with Crippen LogP contribution in [0.1, 0.15) is 11.3 Å². The minimum absolute atomic E-state index is 0.186. The van der Waals surface area contributed by atoms with Crippen molar-refractivity contribution in [1.29, 1.82) is 0 Å². The molecule has 0 bridgehead atoms. The van der Waals surface area contributed by atoms with Crippen molar-refractivity contribution in [3.8, 4) is 28.5 Å². The van der Waals surface area contributed by atoms with Crippen LogP contribution in [0, 0.1) is 6.92 Å². The Morgan fingerprint density at radius 3 is 2.66 bits per heavy atom. The maximum atomic E-state index is 13.3. The van der Waals surface area contributed by atoms with E-state index in [1.807, 2.05) is 79.7 Å². The zero-order valence-electron chi connectivity index (χ0n) is 18.9. The van der Waals surface area contributed by atoms with Crippen LogP contribution in [-0.4, -0.2) is 19.9 Å². The molecule has 35 heavy (non-hydrogen) atoms. The average Bonchev–Trinajstić information content (AvgIpc) is 3.34. The molecule has 0 unspecified atom stereocenters. The van der Waals surface area contributed by atoms with Crippen LogP contribution in [0.4, 0.5) is 0 Å². The van der Waals surface area contributed by atoms with Crippen LogP contribution < -0.4 is 10.2 Å². The van der Waals surface area contributed by atoms with E-state index in [1.54, 1.807) is 6.20 Å². The number of nitrogens with one attached hydrogen (secondary N) is 1. The zero-order valence-corrected chi connectivity index (χ0v) is 18.9. The Kier molecular flexibility index (Phi) is 5.07. The minimum Gasteiger partial charge on any atom is -0.483 e. The fourth-order valence-electron chi connectivity index (χ4n) is 4.01. The summed E-state index contributed by atoms with van der Waals surface area (Å²) in [5, 5.41) is 0.960. The lowest BCUT2D eigenvalue weighted by Gasteiger charge is -2.11. The largest absolute Gasteiger partial charge is 0.483 e. The van der Waals surface area contributed by atoms with Gasteiger partial charge in [0.2, 0.25) is 0 Å². The fourth-order valence-corrected chi connectivity index (χ4v) is 4.01. The first-order valence-electron chi connectivity index (χ1n) is 11.2. The van der Waals surface area contributed by atoms with Crippen LogP contribution in [0.25, 0.3) is 44.8 Å². The molecule has 1 N–H and O–H groups in total. The van der Waals surface area contributed by atoms with E-state index in [1.165, 1.54) is 6.20 Å². The lowest BCUT2D eigenvalue weighted by Crippen LogP contribution is -2.12. The summed E-state index contributed by atoms with van der Waals surface area (Å²) >= 11 is 0. The number of aromatic amines is 1. The average molecular weight is 460 g/mol. The number of benzene rings is 2. The highest BCUT2D eigenvalue weighted by Crippen LogP contribution is 2.32. The second kappa shape index (κ2) is 8.53. The maximum Gasteiger partial charge on any atom is 0.251 e. The molecule has 6 rings (SSSR count). The van der Waals surface area contributed by atoms with Crippen molar-refractivity contribution >= 4 is 22.1 Å². The van der Waals surface area contributed by atoms with Crippen molar-refractivity contribution in [3.63, 3.8) is 0 Å². The quantitative estimate of drug-likeness (QED) is 0.356. The van der Waals surface area contributed by atoms with Crippen molar-refractivity contribution < 1.29 is 9.15 Å². The number of hydrogen-bond acceptors (Lipinski definition) is 6. The minimum atomic E-state index is -0.326. The molecule has 6 aromatic rings. The molecule has 0 aliphatic heterocycles. The Balaban J connectivity index is 1.51. The Bertz CT molecular complexity index is 1740. The number of furan rings is 1. The Morgan fingerprint density at radius 2 is 1.83 bits per heavy atom. The molecule has 4 aromatic heterocycles. The van der Waals surface area contributed by atoms with E-state index in [2.05, 4.69) is 9.97 Å². The third-order valence-electron chi connectivity index (χ3n) is 5.76. The van der Waals surface area contributed by atoms with Crippen molar-refractivity contribution in [2.45, 2.75) is 13.5 Å². The first kappa shape index (κ1) is 20.8. The SMILES string of the molecule is Cc1ccc(-c2nc3[nH]cc(OCc4ccccc4)c(=O)c3nc2-c2ccc3ncccc3c2)o1. The van der Waals surface area contributed by atoms with Crippen LogP contribution in [-0.2, 0) is 6.61 Å². The lowest BCUT2D eigenvalue weighted by molar-refractivity contribution is 0.302. The number of aryl methyl sites for hydroxylation is 1. The monoisotopic (exact) mass is 460 g/mol. The first-order chi connectivity index (χ1) is 17.2. The van der Waals surface area contributed by atoms with Gasteiger partial charge in [0.05, 0.1) is 5.52 Å². The molecule has 0 amide bonds. The van der Waals surface area contributed by atoms with Gasteiger partial charge in [0.15, 0.2) is 22.7 Å². The first-order valence-corrected chi connectivity index (χ1v) is 11.2. The summed E-state index contributed by atoms with van der Waals surface area (Å²) < 4.78 is 11.7. The maximum absolute atomic E-state index is 13.3. The predicted molar refractivity (Wildman–Crippen MR) is 134 cm³/mol. The topological polar surface area (TPSA) is 93.9 Å². The molecule has 0 saturated heterocycles. The van der Waals surface area contributed by atoms with E-state index in [9.17, 15) is 4.79 Å². The summed E-state index contributed by atoms with van der Waals surface area (Å²) in [7, 11) is 0. The zero-order chi connectivity index (χ0) is 23.8. The number of rotatable bonds is 5. The molecule has 7 heteroatoms. The second-order valence-corrected chi connectivity index (χ2v) is 8.20. The summed E-state index contributed by atoms with van der Waals surface area (Å²) in [6, 6.07) is 23.1. The molecule has 0 saturated carbocycles. The van der Waals surface area contributed by atoms with Gasteiger partial charge in [-0.25, -0.2) is 9.97 Å². The van der Waals surface area contributed by atoms with Gasteiger partial charge in [-0.3, -0.25) is 9.78 Å². The van der Waals surface area contributed by atoms with Gasteiger partial charge in [-0.2, -0.15) is 0 Å². The highest BCUT2D eigenvalue weighted by Gasteiger charge is 2.19. The van der Waals surface area contributed by atoms with Crippen molar-refractivity contribution in [2.75, 3.05) is 0 Å². The summed E-state index contributed by atoms with van der Waals surface area (Å²) in [6.07, 6.45) is 3.28. The number of fused-ring (bicyclic) bond motifs is 2. The predicted octanol–water partition coefficient (Wildman–Crippen LogP) is 5.68. The van der Waals surface area contributed by atoms with E-state index in [-0.39, 0.29) is 23.3 Å². The van der Waals surface area contributed by atoms with Gasteiger partial charge < -0.3 is 14.1 Å². The van der Waals surface area contributed by atoms with E-state index in [0.717, 1.165) is 27.8 Å². The summed E-state index contributed by atoms with van der Waals surface area (Å²) in [5.74, 6) is 1.52. The van der Waals surface area contributed by atoms with Crippen LogP contribution in [0.2, 0.25) is 0 Å². The van der Waals surface area contributed by atoms with Gasteiger partial charge >= 0.3 is 0 Å². The van der Waals surface area contributed by atoms with Crippen molar-refractivity contribution in [1.82, 2.24) is 19.9 Å². The number of hydrogen-bond donors (Lipinski definition) is 1. The third kappa shape index (κ3) is 3.93. The molecular formula is C28H20N4O3. The standard InChI is InChI=1S/C28H20N4O3/c1-17-9-12-22(35-17)25-24(20-10-11-21-19(14-20)8-5-13-29-21)31-26-27(33)23(15-30-28(26)32-25)34-16-18-6-3-2-4-7-18/h2-15H,16H2,1H3,(H,30,32,33). The molecule has 4 heterocycles. The van der Waals surface area contributed by atoms with Crippen molar-refractivity contribution in [3.05, 3.63) is 107 Å².